The van der Waals surface area contributed by atoms with E-state index in [1.54, 1.807) is 0 Å². The molecule has 1 aliphatic rings. The zero-order chi connectivity index (χ0) is 13.9. The van der Waals surface area contributed by atoms with Crippen LogP contribution in [0.1, 0.15) is 52.0 Å². The topological polar surface area (TPSA) is 21.3 Å². The van der Waals surface area contributed by atoms with Gasteiger partial charge in [0.1, 0.15) is 11.4 Å². The standard InChI is InChI=1S/C17H27NO/c1-14-8-5-6-9-15(14)19-17(10-7-11-17)12-13-18-16(2,3)4/h5-6,8-9,18H,7,10-13H2,1-4H3. The van der Waals surface area contributed by atoms with E-state index in [9.17, 15) is 0 Å². The second-order valence-corrected chi connectivity index (χ2v) is 6.83. The number of para-hydroxylation sites is 1. The average Bonchev–Trinajstić information content (AvgIpc) is 2.27. The molecule has 0 heterocycles. The molecule has 19 heavy (non-hydrogen) atoms. The number of nitrogens with one attached hydrogen (secondary N) is 1. The summed E-state index contributed by atoms with van der Waals surface area (Å²) in [6.45, 7) is 9.78. The van der Waals surface area contributed by atoms with Crippen molar-refractivity contribution in [1.29, 1.82) is 0 Å². The predicted octanol–water partition coefficient (Wildman–Crippen LogP) is 4.07. The lowest BCUT2D eigenvalue weighted by atomic mass is 9.77. The Morgan fingerprint density at radius 1 is 1.21 bits per heavy atom. The highest BCUT2D eigenvalue weighted by Gasteiger charge is 2.39. The quantitative estimate of drug-likeness (QED) is 0.862. The predicted molar refractivity (Wildman–Crippen MR) is 80.8 cm³/mol. The third-order valence-corrected chi connectivity index (χ3v) is 3.92. The third-order valence-electron chi connectivity index (χ3n) is 3.92. The van der Waals surface area contributed by atoms with E-state index in [1.165, 1.54) is 24.8 Å². The number of hydrogen-bond donors (Lipinski definition) is 1. The second kappa shape index (κ2) is 5.54. The molecule has 2 rings (SSSR count). The van der Waals surface area contributed by atoms with Gasteiger partial charge in [-0.25, -0.2) is 0 Å². The maximum absolute atomic E-state index is 6.34. The monoisotopic (exact) mass is 261 g/mol. The first-order valence-electron chi connectivity index (χ1n) is 7.40. The molecule has 2 nitrogen and oxygen atoms in total. The van der Waals surface area contributed by atoms with Gasteiger partial charge in [0.15, 0.2) is 0 Å². The first kappa shape index (κ1) is 14.4. The Labute approximate surface area is 117 Å². The fourth-order valence-corrected chi connectivity index (χ4v) is 2.54. The molecule has 0 radical (unpaired) electrons. The summed E-state index contributed by atoms with van der Waals surface area (Å²) < 4.78 is 6.34. The van der Waals surface area contributed by atoms with Crippen LogP contribution >= 0.6 is 0 Å². The summed E-state index contributed by atoms with van der Waals surface area (Å²) in [6.07, 6.45) is 4.76. The van der Waals surface area contributed by atoms with Crippen LogP contribution in [-0.4, -0.2) is 17.7 Å². The van der Waals surface area contributed by atoms with Crippen LogP contribution in [0.5, 0.6) is 5.75 Å². The molecule has 1 aromatic rings. The van der Waals surface area contributed by atoms with Crippen LogP contribution in [0.2, 0.25) is 0 Å². The molecule has 1 saturated carbocycles. The largest absolute Gasteiger partial charge is 0.487 e. The maximum Gasteiger partial charge on any atom is 0.123 e. The van der Waals surface area contributed by atoms with Gasteiger partial charge in [0.2, 0.25) is 0 Å². The minimum atomic E-state index is 0.0738. The van der Waals surface area contributed by atoms with Crippen LogP contribution in [0.15, 0.2) is 24.3 Å². The molecule has 2 heteroatoms. The number of benzene rings is 1. The Bertz CT molecular complexity index is 416. The Balaban J connectivity index is 1.94. The van der Waals surface area contributed by atoms with Gasteiger partial charge in [0.05, 0.1) is 0 Å². The third kappa shape index (κ3) is 3.97. The van der Waals surface area contributed by atoms with Gasteiger partial charge in [-0.05, 0) is 71.6 Å². The molecule has 0 aromatic heterocycles. The molecule has 0 amide bonds. The van der Waals surface area contributed by atoms with Crippen molar-refractivity contribution in [1.82, 2.24) is 5.32 Å². The van der Waals surface area contributed by atoms with Crippen molar-refractivity contribution in [3.63, 3.8) is 0 Å². The Morgan fingerprint density at radius 2 is 1.89 bits per heavy atom. The van der Waals surface area contributed by atoms with E-state index < -0.39 is 0 Å². The highest BCUT2D eigenvalue weighted by atomic mass is 16.5. The summed E-state index contributed by atoms with van der Waals surface area (Å²) in [5.74, 6) is 1.05. The first-order valence-corrected chi connectivity index (χ1v) is 7.40. The Morgan fingerprint density at radius 3 is 2.42 bits per heavy atom. The maximum atomic E-state index is 6.34. The SMILES string of the molecule is Cc1ccccc1OC1(CCNC(C)(C)C)CCC1. The van der Waals surface area contributed by atoms with Crippen molar-refractivity contribution in [3.05, 3.63) is 29.8 Å². The zero-order valence-electron chi connectivity index (χ0n) is 12.8. The second-order valence-electron chi connectivity index (χ2n) is 6.83. The van der Waals surface area contributed by atoms with E-state index in [4.69, 9.17) is 4.74 Å². The van der Waals surface area contributed by atoms with E-state index >= 15 is 0 Å². The van der Waals surface area contributed by atoms with Crippen molar-refractivity contribution in [2.75, 3.05) is 6.54 Å². The van der Waals surface area contributed by atoms with Gasteiger partial charge in [-0.1, -0.05) is 18.2 Å². The van der Waals surface area contributed by atoms with Crippen LogP contribution in [0, 0.1) is 6.92 Å². The minimum absolute atomic E-state index is 0.0738. The number of ether oxygens (including phenoxy) is 1. The summed E-state index contributed by atoms with van der Waals surface area (Å²) in [6, 6.07) is 8.33. The molecule has 0 saturated heterocycles. The molecule has 0 bridgehead atoms. The van der Waals surface area contributed by atoms with Crippen LogP contribution in [0.3, 0.4) is 0 Å². The van der Waals surface area contributed by atoms with Crippen molar-refractivity contribution >= 4 is 0 Å². The first-order chi connectivity index (χ1) is 8.90. The average molecular weight is 261 g/mol. The fourth-order valence-electron chi connectivity index (χ4n) is 2.54. The summed E-state index contributed by atoms with van der Waals surface area (Å²) in [4.78, 5) is 0. The normalized spacial score (nSPS) is 17.9. The lowest BCUT2D eigenvalue weighted by Gasteiger charge is -2.43. The van der Waals surface area contributed by atoms with Gasteiger partial charge in [-0.3, -0.25) is 0 Å². The van der Waals surface area contributed by atoms with Crippen molar-refractivity contribution in [2.45, 2.75) is 64.5 Å². The lowest BCUT2D eigenvalue weighted by molar-refractivity contribution is -0.0157. The van der Waals surface area contributed by atoms with Crippen LogP contribution in [0.4, 0.5) is 0 Å². The van der Waals surface area contributed by atoms with Gasteiger partial charge in [0.25, 0.3) is 0 Å². The van der Waals surface area contributed by atoms with Gasteiger partial charge in [-0.15, -0.1) is 0 Å². The Hall–Kier alpha value is -1.02. The molecule has 0 unspecified atom stereocenters. The molecule has 0 atom stereocenters. The minimum Gasteiger partial charge on any atom is -0.487 e. The van der Waals surface area contributed by atoms with E-state index in [2.05, 4.69) is 57.3 Å². The summed E-state index contributed by atoms with van der Waals surface area (Å²) >= 11 is 0. The van der Waals surface area contributed by atoms with Crippen LogP contribution in [0.25, 0.3) is 0 Å². The molecule has 1 N–H and O–H groups in total. The number of hydrogen-bond acceptors (Lipinski definition) is 2. The molecular weight excluding hydrogens is 234 g/mol. The van der Waals surface area contributed by atoms with Crippen molar-refractivity contribution in [3.8, 4) is 5.75 Å². The van der Waals surface area contributed by atoms with Gasteiger partial charge in [0, 0.05) is 5.54 Å². The van der Waals surface area contributed by atoms with E-state index in [0.717, 1.165) is 18.7 Å². The molecule has 0 spiro atoms. The van der Waals surface area contributed by atoms with Crippen LogP contribution < -0.4 is 10.1 Å². The van der Waals surface area contributed by atoms with E-state index in [-0.39, 0.29) is 11.1 Å². The summed E-state index contributed by atoms with van der Waals surface area (Å²) in [5, 5.41) is 3.57. The van der Waals surface area contributed by atoms with Crippen molar-refractivity contribution in [2.24, 2.45) is 0 Å². The summed E-state index contributed by atoms with van der Waals surface area (Å²) in [7, 11) is 0. The molecule has 1 aliphatic carbocycles. The highest BCUT2D eigenvalue weighted by Crippen LogP contribution is 2.40. The van der Waals surface area contributed by atoms with Gasteiger partial charge >= 0.3 is 0 Å². The lowest BCUT2D eigenvalue weighted by Crippen LogP contribution is -2.47. The fraction of sp³-hybridized carbons (Fsp3) is 0.647. The molecular formula is C17H27NO. The molecule has 106 valence electrons. The summed E-state index contributed by atoms with van der Waals surface area (Å²) in [5.41, 5.74) is 1.50. The van der Waals surface area contributed by atoms with Gasteiger partial charge < -0.3 is 10.1 Å². The molecule has 1 aromatic carbocycles. The smallest absolute Gasteiger partial charge is 0.123 e. The highest BCUT2D eigenvalue weighted by molar-refractivity contribution is 5.32. The molecule has 0 aliphatic heterocycles. The van der Waals surface area contributed by atoms with Crippen molar-refractivity contribution < 1.29 is 4.74 Å². The number of rotatable bonds is 5. The van der Waals surface area contributed by atoms with Crippen LogP contribution in [-0.2, 0) is 0 Å². The van der Waals surface area contributed by atoms with E-state index in [0.29, 0.717) is 0 Å². The van der Waals surface area contributed by atoms with Gasteiger partial charge in [-0.2, -0.15) is 0 Å². The Kier molecular flexibility index (Phi) is 4.19. The van der Waals surface area contributed by atoms with E-state index in [1.807, 2.05) is 0 Å². The molecule has 1 fully saturated rings. The zero-order valence-corrected chi connectivity index (χ0v) is 12.8. The number of aryl methyl sites for hydroxylation is 1.